The molecule has 4 rings (SSSR count). The molecule has 0 atom stereocenters. The molecule has 4 aromatic rings. The first-order valence-electron chi connectivity index (χ1n) is 11.9. The summed E-state index contributed by atoms with van der Waals surface area (Å²) in [4.78, 5) is 11.3. The number of aliphatic carboxylic acids is 1. The molecule has 9 heteroatoms. The number of methoxy groups -OCH3 is 4. The van der Waals surface area contributed by atoms with E-state index in [0.717, 1.165) is 17.7 Å². The molecular formula is C29H30N2O7. The molecule has 0 aliphatic rings. The van der Waals surface area contributed by atoms with Gasteiger partial charge in [-0.25, -0.2) is 4.79 Å². The zero-order valence-electron chi connectivity index (χ0n) is 21.8. The second kappa shape index (κ2) is 12.1. The van der Waals surface area contributed by atoms with Crippen molar-refractivity contribution in [3.63, 3.8) is 0 Å². The van der Waals surface area contributed by atoms with Gasteiger partial charge in [0, 0.05) is 23.7 Å². The number of nitrogens with zero attached hydrogens (tertiary/aromatic N) is 2. The molecule has 0 unspecified atom stereocenters. The summed E-state index contributed by atoms with van der Waals surface area (Å²) in [6.07, 6.45) is 0.746. The fourth-order valence-corrected chi connectivity index (χ4v) is 4.22. The summed E-state index contributed by atoms with van der Waals surface area (Å²) in [7, 11) is 6.23. The van der Waals surface area contributed by atoms with Gasteiger partial charge in [0.15, 0.2) is 29.6 Å². The summed E-state index contributed by atoms with van der Waals surface area (Å²) in [5.74, 6) is 1.26. The number of carbonyl (C=O) groups is 1. The fourth-order valence-electron chi connectivity index (χ4n) is 4.22. The van der Waals surface area contributed by atoms with Crippen LogP contribution in [0, 0.1) is 0 Å². The van der Waals surface area contributed by atoms with Crippen LogP contribution in [0.15, 0.2) is 66.7 Å². The van der Waals surface area contributed by atoms with E-state index >= 15 is 0 Å². The normalized spacial score (nSPS) is 10.6. The topological polar surface area (TPSA) is 101 Å². The van der Waals surface area contributed by atoms with Gasteiger partial charge in [0.05, 0.1) is 39.8 Å². The van der Waals surface area contributed by atoms with Crippen molar-refractivity contribution < 1.29 is 33.6 Å². The van der Waals surface area contributed by atoms with Gasteiger partial charge >= 0.3 is 5.97 Å². The van der Waals surface area contributed by atoms with E-state index in [1.165, 1.54) is 19.8 Å². The van der Waals surface area contributed by atoms with Crippen LogP contribution in [0.2, 0.25) is 0 Å². The third-order valence-electron chi connectivity index (χ3n) is 6.03. The number of aryl methyl sites for hydroxylation is 2. The molecule has 0 saturated carbocycles. The number of hydrogen-bond acceptors (Lipinski definition) is 7. The molecule has 0 aliphatic heterocycles. The number of benzene rings is 3. The number of aromatic nitrogens is 2. The smallest absolute Gasteiger partial charge is 0.341 e. The molecular weight excluding hydrogens is 488 g/mol. The summed E-state index contributed by atoms with van der Waals surface area (Å²) in [6, 6.07) is 21.1. The molecule has 0 amide bonds. The summed E-state index contributed by atoms with van der Waals surface area (Å²) < 4.78 is 29.7. The van der Waals surface area contributed by atoms with E-state index in [1.807, 2.05) is 47.1 Å². The second-order valence-electron chi connectivity index (χ2n) is 8.30. The third-order valence-corrected chi connectivity index (χ3v) is 6.03. The van der Waals surface area contributed by atoms with Crippen molar-refractivity contribution in [3.05, 3.63) is 72.3 Å². The van der Waals surface area contributed by atoms with Gasteiger partial charge in [0.2, 0.25) is 0 Å². The largest absolute Gasteiger partial charge is 0.493 e. The lowest BCUT2D eigenvalue weighted by molar-refractivity contribution is -0.139. The van der Waals surface area contributed by atoms with Crippen molar-refractivity contribution >= 4 is 5.97 Å². The first kappa shape index (κ1) is 26.4. The van der Waals surface area contributed by atoms with E-state index in [4.69, 9.17) is 28.8 Å². The number of rotatable bonds is 12. The van der Waals surface area contributed by atoms with Gasteiger partial charge in [-0.15, -0.1) is 0 Å². The van der Waals surface area contributed by atoms with Crippen LogP contribution in [0.3, 0.4) is 0 Å². The molecule has 0 spiro atoms. The van der Waals surface area contributed by atoms with Gasteiger partial charge in [-0.05, 0) is 36.2 Å². The molecule has 9 nitrogen and oxygen atoms in total. The Bertz CT molecular complexity index is 1400. The molecule has 1 N–H and O–H groups in total. The average Bonchev–Trinajstić information content (AvgIpc) is 3.38. The summed E-state index contributed by atoms with van der Waals surface area (Å²) in [6.45, 7) is 0.0616. The predicted molar refractivity (Wildman–Crippen MR) is 143 cm³/mol. The number of para-hydroxylation sites is 1. The molecule has 0 aliphatic carbocycles. The fraction of sp³-hybridized carbons (Fsp3) is 0.241. The maximum Gasteiger partial charge on any atom is 0.341 e. The SMILES string of the molecule is COc1cc(OCC(=O)O)c(-c2cc(-c3cccc(OC)c3OC)n(CCc3ccccc3)n2)cc1OC. The first-order valence-corrected chi connectivity index (χ1v) is 11.9. The molecule has 0 saturated heterocycles. The summed E-state index contributed by atoms with van der Waals surface area (Å²) >= 11 is 0. The molecule has 0 bridgehead atoms. The molecule has 3 aromatic carbocycles. The van der Waals surface area contributed by atoms with Crippen LogP contribution in [0.5, 0.6) is 28.7 Å². The average molecular weight is 519 g/mol. The second-order valence-corrected chi connectivity index (χ2v) is 8.30. The summed E-state index contributed by atoms with van der Waals surface area (Å²) in [5, 5.41) is 14.1. The van der Waals surface area contributed by atoms with Crippen molar-refractivity contribution in [1.29, 1.82) is 0 Å². The van der Waals surface area contributed by atoms with Gasteiger partial charge in [-0.2, -0.15) is 5.10 Å². The van der Waals surface area contributed by atoms with Crippen LogP contribution < -0.4 is 23.7 Å². The Morgan fingerprint density at radius 1 is 0.789 bits per heavy atom. The minimum Gasteiger partial charge on any atom is -0.493 e. The lowest BCUT2D eigenvalue weighted by atomic mass is 10.1. The van der Waals surface area contributed by atoms with Gasteiger partial charge in [-0.1, -0.05) is 36.4 Å². The van der Waals surface area contributed by atoms with Crippen LogP contribution in [0.25, 0.3) is 22.5 Å². The van der Waals surface area contributed by atoms with Crippen LogP contribution in [-0.2, 0) is 17.8 Å². The van der Waals surface area contributed by atoms with Gasteiger partial charge in [0.1, 0.15) is 5.75 Å². The Morgan fingerprint density at radius 2 is 1.50 bits per heavy atom. The molecule has 1 heterocycles. The first-order chi connectivity index (χ1) is 18.5. The Balaban J connectivity index is 1.87. The predicted octanol–water partition coefficient (Wildman–Crippen LogP) is 4.96. The zero-order chi connectivity index (χ0) is 27.1. The van der Waals surface area contributed by atoms with Crippen LogP contribution in [0.4, 0.5) is 0 Å². The van der Waals surface area contributed by atoms with Crippen LogP contribution >= 0.6 is 0 Å². The van der Waals surface area contributed by atoms with Crippen molar-refractivity contribution in [2.75, 3.05) is 35.0 Å². The van der Waals surface area contributed by atoms with Gasteiger partial charge in [0.25, 0.3) is 0 Å². The quantitative estimate of drug-likeness (QED) is 0.281. The number of carboxylic acid groups (broad SMARTS) is 1. The highest BCUT2D eigenvalue weighted by Crippen LogP contribution is 2.43. The van der Waals surface area contributed by atoms with Gasteiger partial charge in [-0.3, -0.25) is 4.68 Å². The van der Waals surface area contributed by atoms with Crippen LogP contribution in [-0.4, -0.2) is 55.9 Å². The zero-order valence-corrected chi connectivity index (χ0v) is 21.8. The Kier molecular flexibility index (Phi) is 8.37. The highest BCUT2D eigenvalue weighted by atomic mass is 16.5. The van der Waals surface area contributed by atoms with E-state index in [0.29, 0.717) is 46.5 Å². The van der Waals surface area contributed by atoms with Crippen molar-refractivity contribution in [2.45, 2.75) is 13.0 Å². The van der Waals surface area contributed by atoms with Crippen molar-refractivity contribution in [3.8, 4) is 51.3 Å². The molecule has 0 fully saturated rings. The Morgan fingerprint density at radius 3 is 2.16 bits per heavy atom. The lowest BCUT2D eigenvalue weighted by Gasteiger charge is -2.14. The monoisotopic (exact) mass is 518 g/mol. The van der Waals surface area contributed by atoms with Gasteiger partial charge < -0.3 is 28.8 Å². The highest BCUT2D eigenvalue weighted by molar-refractivity contribution is 5.79. The number of carboxylic acids is 1. The maximum atomic E-state index is 11.3. The molecule has 198 valence electrons. The van der Waals surface area contributed by atoms with E-state index < -0.39 is 12.6 Å². The Hall–Kier alpha value is -4.66. The molecule has 38 heavy (non-hydrogen) atoms. The number of ether oxygens (including phenoxy) is 5. The third kappa shape index (κ3) is 5.67. The minimum atomic E-state index is -1.10. The van der Waals surface area contributed by atoms with E-state index in [-0.39, 0.29) is 0 Å². The Labute approximate surface area is 221 Å². The van der Waals surface area contributed by atoms with Crippen LogP contribution in [0.1, 0.15) is 5.56 Å². The molecule has 0 radical (unpaired) electrons. The van der Waals surface area contributed by atoms with Crippen molar-refractivity contribution in [2.24, 2.45) is 0 Å². The maximum absolute atomic E-state index is 11.3. The summed E-state index contributed by atoms with van der Waals surface area (Å²) in [5.41, 5.74) is 3.90. The van der Waals surface area contributed by atoms with E-state index in [9.17, 15) is 9.90 Å². The van der Waals surface area contributed by atoms with Crippen molar-refractivity contribution in [1.82, 2.24) is 9.78 Å². The standard InChI is InChI=1S/C29H30N2O7/c1-34-24-12-8-11-20(29(24)37-4)23-16-22(30-31(23)14-13-19-9-6-5-7-10-19)21-15-26(35-2)27(36-3)17-25(21)38-18-28(32)33/h5-12,15-17H,13-14,18H2,1-4H3,(H,32,33). The highest BCUT2D eigenvalue weighted by Gasteiger charge is 2.22. The van der Waals surface area contributed by atoms with E-state index in [2.05, 4.69) is 12.1 Å². The molecule has 1 aromatic heterocycles. The lowest BCUT2D eigenvalue weighted by Crippen LogP contribution is -2.10. The van der Waals surface area contributed by atoms with E-state index in [1.54, 1.807) is 26.4 Å². The minimum absolute atomic E-state index is 0.307. The number of hydrogen-bond donors (Lipinski definition) is 1.